The minimum Gasteiger partial charge on any atom is -0.497 e. The van der Waals surface area contributed by atoms with E-state index in [0.29, 0.717) is 4.31 Å². The van der Waals surface area contributed by atoms with E-state index in [0.717, 1.165) is 18.2 Å². The minimum absolute atomic E-state index is 0.0318. The smallest absolute Gasteiger partial charge is 0.274 e. The maximum Gasteiger partial charge on any atom is 0.274 e. The Bertz CT molecular complexity index is 1910. The zero-order valence-electron chi connectivity index (χ0n) is 29.3. The van der Waals surface area contributed by atoms with Crippen LogP contribution in [0.4, 0.5) is 5.69 Å². The summed E-state index contributed by atoms with van der Waals surface area (Å²) in [7, 11) is -6.96. The molecule has 0 radical (unpaired) electrons. The molecule has 11 nitrogen and oxygen atoms in total. The number of carbonyl (C=O) groups excluding carboxylic acids is 2. The molecule has 0 aromatic heterocycles. The van der Waals surface area contributed by atoms with Crippen LogP contribution >= 0.6 is 11.6 Å². The second-order valence-corrected chi connectivity index (χ2v) is 12.4. The molecule has 0 aliphatic carbocycles. The fraction of sp³-hybridized carbons (Fsp3) is 0.333. The molecule has 228 valence electrons. The number of benzene rings is 3. The van der Waals surface area contributed by atoms with Crippen LogP contribution in [0.15, 0.2) is 65.6 Å². The van der Waals surface area contributed by atoms with Gasteiger partial charge in [0.25, 0.3) is 15.9 Å². The predicted molar refractivity (Wildman–Crippen MR) is 159 cm³/mol. The quantitative estimate of drug-likeness (QED) is 0.395. The Morgan fingerprint density at radius 2 is 1.79 bits per heavy atom. The lowest BCUT2D eigenvalue weighted by molar-refractivity contribution is -0.138. The standard InChI is InChI=1S/C30H32ClN3O8S/c1-32(2)28(36)24-15-19(35)17-33(24)30(21-8-6-7-9-25(21)41-4)22-14-18(31)10-12-23(22)34(29(30)37)43(38,39)27-13-11-20(40-3)16-26(27)42-5/h6-14,16,19,24,35H,15,17H2,1-5H3/t19-,24+,30+/m1/s1/i3T3,5T3. The number of aliphatic hydroxyl groups is 1. The van der Waals surface area contributed by atoms with Crippen LogP contribution < -0.4 is 18.5 Å². The number of rotatable bonds is 8. The van der Waals surface area contributed by atoms with Crippen LogP contribution in [-0.4, -0.2) is 89.1 Å². The van der Waals surface area contributed by atoms with E-state index in [1.54, 1.807) is 18.2 Å². The van der Waals surface area contributed by atoms with Crippen LogP contribution in [0.5, 0.6) is 17.2 Å². The van der Waals surface area contributed by atoms with Crippen molar-refractivity contribution in [1.82, 2.24) is 9.80 Å². The highest BCUT2D eigenvalue weighted by atomic mass is 35.5. The second kappa shape index (κ2) is 11.3. The first-order valence-electron chi connectivity index (χ1n) is 15.9. The highest BCUT2D eigenvalue weighted by molar-refractivity contribution is 7.93. The number of sulfonamides is 1. The molecule has 3 aromatic carbocycles. The SMILES string of the molecule is [3H]C([3H])([3H])Oc1ccc(S(=O)(=O)N2C(=O)[C@@](c3ccccc3OC)(N3C[C@H](O)C[C@H]3C(=O)N(C)C)c3cc(Cl)ccc32)c(OC([3H])([3H])[3H])c1. The Hall–Kier alpha value is -3.84. The van der Waals surface area contributed by atoms with Crippen molar-refractivity contribution < 1.29 is 45.5 Å². The number of fused-ring (bicyclic) bond motifs is 1. The molecule has 2 heterocycles. The molecule has 3 aromatic rings. The van der Waals surface area contributed by atoms with Crippen molar-refractivity contribution >= 4 is 39.1 Å². The lowest BCUT2D eigenvalue weighted by Gasteiger charge is -2.42. The number of methoxy groups -OCH3 is 3. The molecule has 1 fully saturated rings. The van der Waals surface area contributed by atoms with E-state index in [4.69, 9.17) is 34.0 Å². The summed E-state index contributed by atoms with van der Waals surface area (Å²) >= 11 is 6.50. The molecule has 1 N–H and O–H groups in total. The third-order valence-corrected chi connectivity index (χ3v) is 9.63. The summed E-state index contributed by atoms with van der Waals surface area (Å²) in [6.45, 7) is -0.248. The summed E-state index contributed by atoms with van der Waals surface area (Å²) in [6, 6.07) is 11.8. The summed E-state index contributed by atoms with van der Waals surface area (Å²) in [4.78, 5) is 30.9. The largest absolute Gasteiger partial charge is 0.497 e. The Morgan fingerprint density at radius 1 is 1.05 bits per heavy atom. The number of hydrogen-bond acceptors (Lipinski definition) is 9. The number of carbonyl (C=O) groups is 2. The summed E-state index contributed by atoms with van der Waals surface area (Å²) in [5.74, 6) is -2.70. The first-order valence-corrected chi connectivity index (χ1v) is 14.8. The van der Waals surface area contributed by atoms with Gasteiger partial charge in [-0.25, -0.2) is 12.7 Å². The Balaban J connectivity index is 1.83. The molecule has 5 rings (SSSR count). The Kier molecular flexibility index (Phi) is 6.22. The molecule has 1 saturated heterocycles. The van der Waals surface area contributed by atoms with Crippen LogP contribution in [-0.2, 0) is 25.2 Å². The van der Waals surface area contributed by atoms with Crippen LogP contribution in [0.3, 0.4) is 0 Å². The molecule has 0 spiro atoms. The number of hydrogen-bond donors (Lipinski definition) is 1. The molecule has 2 aliphatic heterocycles. The second-order valence-electron chi connectivity index (χ2n) is 10.2. The molecular formula is C30H32ClN3O8S. The number of aliphatic hydroxyl groups excluding tert-OH is 1. The van der Waals surface area contributed by atoms with Crippen LogP contribution in [0.2, 0.25) is 5.02 Å². The normalized spacial score (nSPS) is 24.6. The van der Waals surface area contributed by atoms with E-state index in [2.05, 4.69) is 0 Å². The van der Waals surface area contributed by atoms with Crippen molar-refractivity contribution in [2.75, 3.05) is 46.1 Å². The molecule has 3 atom stereocenters. The Morgan fingerprint density at radius 3 is 2.49 bits per heavy atom. The fourth-order valence-electron chi connectivity index (χ4n) is 5.88. The molecule has 0 saturated carbocycles. The first kappa shape index (κ1) is 23.6. The van der Waals surface area contributed by atoms with Gasteiger partial charge >= 0.3 is 0 Å². The van der Waals surface area contributed by atoms with Gasteiger partial charge in [0, 0.05) is 42.9 Å². The summed E-state index contributed by atoms with van der Waals surface area (Å²) in [5.41, 5.74) is -2.18. The number of nitrogens with zero attached hydrogens (tertiary/aromatic N) is 3. The van der Waals surface area contributed by atoms with Crippen molar-refractivity contribution in [1.29, 1.82) is 0 Å². The van der Waals surface area contributed by atoms with E-state index >= 15 is 4.79 Å². The van der Waals surface area contributed by atoms with Gasteiger partial charge in [-0.05, 0) is 42.8 Å². The molecule has 2 amide bonds. The monoisotopic (exact) mass is 641 g/mol. The van der Waals surface area contributed by atoms with Gasteiger partial charge in [-0.15, -0.1) is 0 Å². The topological polar surface area (TPSA) is 126 Å². The number of amides is 2. The zero-order valence-corrected chi connectivity index (χ0v) is 24.8. The third kappa shape index (κ3) is 4.69. The molecule has 0 bridgehead atoms. The molecule has 13 heteroatoms. The minimum atomic E-state index is -5.13. The van der Waals surface area contributed by atoms with Gasteiger partial charge in [-0.3, -0.25) is 14.5 Å². The summed E-state index contributed by atoms with van der Waals surface area (Å²) in [5, 5.41) is 11.1. The highest BCUT2D eigenvalue weighted by Gasteiger charge is 2.64. The number of β-amino-alcohol motifs (C(OH)–C–C–N with tert-alkyl or cyclic N) is 1. The van der Waals surface area contributed by atoms with Gasteiger partial charge in [0.15, 0.2) is 5.54 Å². The maximum atomic E-state index is 15.3. The van der Waals surface area contributed by atoms with Crippen LogP contribution in [0, 0.1) is 0 Å². The third-order valence-electron chi connectivity index (χ3n) is 7.65. The highest BCUT2D eigenvalue weighted by Crippen LogP contribution is 2.55. The predicted octanol–water partition coefficient (Wildman–Crippen LogP) is 2.87. The van der Waals surface area contributed by atoms with Gasteiger partial charge in [0.1, 0.15) is 22.1 Å². The average molecular weight is 642 g/mol. The number of likely N-dealkylation sites (N-methyl/N-ethyl adjacent to an activating group) is 1. The van der Waals surface area contributed by atoms with Crippen molar-refractivity contribution in [2.24, 2.45) is 0 Å². The lowest BCUT2D eigenvalue weighted by atomic mass is 9.80. The zero-order chi connectivity index (χ0) is 36.3. The van der Waals surface area contributed by atoms with E-state index in [-0.39, 0.29) is 40.6 Å². The van der Waals surface area contributed by atoms with Crippen molar-refractivity contribution in [2.45, 2.75) is 29.0 Å². The number of para-hydroxylation sites is 1. The van der Waals surface area contributed by atoms with Gasteiger partial charge in [-0.1, -0.05) is 29.8 Å². The Labute approximate surface area is 263 Å². The summed E-state index contributed by atoms with van der Waals surface area (Å²) in [6.07, 6.45) is -1.20. The van der Waals surface area contributed by atoms with E-state index in [1.165, 1.54) is 55.3 Å². The molecule has 2 aliphatic rings. The molecule has 0 unspecified atom stereocenters. The number of ether oxygens (including phenoxy) is 3. The van der Waals surface area contributed by atoms with Crippen molar-refractivity contribution in [3.63, 3.8) is 0 Å². The summed E-state index contributed by atoms with van der Waals surface area (Å²) < 4.78 is 90.7. The first-order chi connectivity index (χ1) is 22.7. The maximum absolute atomic E-state index is 15.3. The van der Waals surface area contributed by atoms with Gasteiger partial charge in [0.2, 0.25) is 5.91 Å². The number of anilines is 1. The molecule has 43 heavy (non-hydrogen) atoms. The van der Waals surface area contributed by atoms with Gasteiger partial charge < -0.3 is 24.2 Å². The van der Waals surface area contributed by atoms with Gasteiger partial charge in [-0.2, -0.15) is 0 Å². The van der Waals surface area contributed by atoms with E-state index in [9.17, 15) is 18.3 Å². The van der Waals surface area contributed by atoms with E-state index in [1.807, 2.05) is 0 Å². The fourth-order valence-corrected chi connectivity index (χ4v) is 7.61. The van der Waals surface area contributed by atoms with E-state index < -0.39 is 70.0 Å². The average Bonchev–Trinajstić information content (AvgIpc) is 3.49. The van der Waals surface area contributed by atoms with Crippen molar-refractivity contribution in [3.8, 4) is 17.2 Å². The van der Waals surface area contributed by atoms with Crippen LogP contribution in [0.1, 0.15) is 25.8 Å². The van der Waals surface area contributed by atoms with Gasteiger partial charge in [0.05, 0.1) is 47.2 Å². The molecular weight excluding hydrogens is 598 g/mol. The number of likely N-dealkylation sites (tertiary alicyclic amines) is 1. The van der Waals surface area contributed by atoms with Crippen LogP contribution in [0.25, 0.3) is 0 Å². The van der Waals surface area contributed by atoms with Crippen molar-refractivity contribution in [3.05, 3.63) is 76.8 Å². The number of halogens is 1. The lowest BCUT2D eigenvalue weighted by Crippen LogP contribution is -2.59.